The highest BCUT2D eigenvalue weighted by molar-refractivity contribution is 6.04. The predicted molar refractivity (Wildman–Crippen MR) is 113 cm³/mol. The van der Waals surface area contributed by atoms with Gasteiger partial charge in [0.15, 0.2) is 0 Å². The highest BCUT2D eigenvalue weighted by Crippen LogP contribution is 2.14. The van der Waals surface area contributed by atoms with E-state index in [9.17, 15) is 9.59 Å². The SMILES string of the molecule is CN1CCN(C(=N)CCNC(=O)c2cc(NC(=O)c3cccn3C)cn2C)CC1. The number of rotatable bonds is 6. The lowest BCUT2D eigenvalue weighted by atomic mass is 10.2. The summed E-state index contributed by atoms with van der Waals surface area (Å²) in [5, 5.41) is 13.9. The lowest BCUT2D eigenvalue weighted by Gasteiger charge is -2.34. The molecule has 0 bridgehead atoms. The van der Waals surface area contributed by atoms with Crippen molar-refractivity contribution in [2.45, 2.75) is 6.42 Å². The molecule has 3 rings (SSSR count). The van der Waals surface area contributed by atoms with Crippen LogP contribution in [-0.4, -0.2) is 76.4 Å². The Bertz CT molecular complexity index is 891. The van der Waals surface area contributed by atoms with Crippen molar-refractivity contribution in [2.24, 2.45) is 14.1 Å². The first-order valence-electron chi connectivity index (χ1n) is 9.73. The van der Waals surface area contributed by atoms with Crippen LogP contribution >= 0.6 is 0 Å². The van der Waals surface area contributed by atoms with Crippen LogP contribution in [0.2, 0.25) is 0 Å². The maximum Gasteiger partial charge on any atom is 0.272 e. The van der Waals surface area contributed by atoms with Crippen molar-refractivity contribution in [3.63, 3.8) is 0 Å². The number of hydrogen-bond acceptors (Lipinski definition) is 4. The van der Waals surface area contributed by atoms with Crippen LogP contribution in [0.1, 0.15) is 27.4 Å². The molecule has 0 radical (unpaired) electrons. The van der Waals surface area contributed by atoms with Gasteiger partial charge in [-0.3, -0.25) is 15.0 Å². The smallest absolute Gasteiger partial charge is 0.272 e. The molecule has 9 nitrogen and oxygen atoms in total. The lowest BCUT2D eigenvalue weighted by molar-refractivity contribution is 0.0945. The zero-order chi connectivity index (χ0) is 21.0. The number of amidine groups is 1. The van der Waals surface area contributed by atoms with E-state index in [2.05, 4.69) is 27.5 Å². The van der Waals surface area contributed by atoms with Gasteiger partial charge in [0.2, 0.25) is 0 Å². The third kappa shape index (κ3) is 5.05. The zero-order valence-corrected chi connectivity index (χ0v) is 17.2. The van der Waals surface area contributed by atoms with Gasteiger partial charge < -0.3 is 29.6 Å². The van der Waals surface area contributed by atoms with E-state index in [0.29, 0.717) is 35.9 Å². The number of carbonyl (C=O) groups excluding carboxylic acids is 2. The van der Waals surface area contributed by atoms with Gasteiger partial charge in [-0.25, -0.2) is 0 Å². The second kappa shape index (κ2) is 8.95. The number of anilines is 1. The number of hydrogen-bond donors (Lipinski definition) is 3. The van der Waals surface area contributed by atoms with Crippen LogP contribution in [0.5, 0.6) is 0 Å². The maximum absolute atomic E-state index is 12.5. The Morgan fingerprint density at radius 3 is 2.41 bits per heavy atom. The number of carbonyl (C=O) groups is 2. The predicted octanol–water partition coefficient (Wildman–Crippen LogP) is 0.960. The zero-order valence-electron chi connectivity index (χ0n) is 17.2. The Morgan fingerprint density at radius 2 is 1.76 bits per heavy atom. The summed E-state index contributed by atoms with van der Waals surface area (Å²) in [5.74, 6) is 0.106. The van der Waals surface area contributed by atoms with E-state index in [-0.39, 0.29) is 11.8 Å². The Hall–Kier alpha value is -3.07. The van der Waals surface area contributed by atoms with Crippen molar-refractivity contribution in [3.8, 4) is 0 Å². The van der Waals surface area contributed by atoms with Crippen molar-refractivity contribution in [1.82, 2.24) is 24.3 Å². The number of aromatic nitrogens is 2. The summed E-state index contributed by atoms with van der Waals surface area (Å²) >= 11 is 0. The molecule has 9 heteroatoms. The van der Waals surface area contributed by atoms with Gasteiger partial charge in [-0.2, -0.15) is 0 Å². The third-order valence-electron chi connectivity index (χ3n) is 5.20. The summed E-state index contributed by atoms with van der Waals surface area (Å²) in [6.45, 7) is 4.02. The average Bonchev–Trinajstić information content (AvgIpc) is 3.27. The fourth-order valence-corrected chi connectivity index (χ4v) is 3.37. The van der Waals surface area contributed by atoms with Crippen LogP contribution in [0, 0.1) is 5.41 Å². The minimum absolute atomic E-state index is 0.224. The molecule has 2 aromatic rings. The molecule has 1 aliphatic rings. The molecular formula is C20H29N7O2. The molecule has 0 unspecified atom stereocenters. The monoisotopic (exact) mass is 399 g/mol. The maximum atomic E-state index is 12.5. The summed E-state index contributed by atoms with van der Waals surface area (Å²) < 4.78 is 3.42. The minimum Gasteiger partial charge on any atom is -0.358 e. The molecular weight excluding hydrogens is 370 g/mol. The summed E-state index contributed by atoms with van der Waals surface area (Å²) in [7, 11) is 5.65. The fourth-order valence-electron chi connectivity index (χ4n) is 3.37. The third-order valence-corrected chi connectivity index (χ3v) is 5.20. The Balaban J connectivity index is 1.50. The molecule has 0 aromatic carbocycles. The summed E-state index contributed by atoms with van der Waals surface area (Å²) in [4.78, 5) is 29.1. The van der Waals surface area contributed by atoms with E-state index < -0.39 is 0 Å². The topological polar surface area (TPSA) is 98.4 Å². The number of piperazine rings is 1. The van der Waals surface area contributed by atoms with Gasteiger partial charge in [-0.05, 0) is 25.2 Å². The van der Waals surface area contributed by atoms with Crippen LogP contribution in [0.25, 0.3) is 0 Å². The van der Waals surface area contributed by atoms with Gasteiger partial charge in [0.1, 0.15) is 11.4 Å². The van der Waals surface area contributed by atoms with E-state index >= 15 is 0 Å². The first-order valence-corrected chi connectivity index (χ1v) is 9.73. The number of likely N-dealkylation sites (N-methyl/N-ethyl adjacent to an activating group) is 1. The van der Waals surface area contributed by atoms with Crippen LogP contribution < -0.4 is 10.6 Å². The van der Waals surface area contributed by atoms with Crippen molar-refractivity contribution < 1.29 is 9.59 Å². The Kier molecular flexibility index (Phi) is 6.38. The molecule has 0 spiro atoms. The molecule has 3 heterocycles. The molecule has 0 aliphatic carbocycles. The number of amides is 2. The number of nitrogens with zero attached hydrogens (tertiary/aromatic N) is 4. The van der Waals surface area contributed by atoms with Crippen LogP contribution in [-0.2, 0) is 14.1 Å². The Morgan fingerprint density at radius 1 is 1.03 bits per heavy atom. The Labute approximate surface area is 170 Å². The molecule has 2 amide bonds. The van der Waals surface area contributed by atoms with Gasteiger partial charge in [0.25, 0.3) is 11.8 Å². The summed E-state index contributed by atoms with van der Waals surface area (Å²) in [6, 6.07) is 5.20. The largest absolute Gasteiger partial charge is 0.358 e. The van der Waals surface area contributed by atoms with Gasteiger partial charge >= 0.3 is 0 Å². The summed E-state index contributed by atoms with van der Waals surface area (Å²) in [5.41, 5.74) is 1.56. The number of aryl methyl sites for hydroxylation is 2. The second-order valence-corrected chi connectivity index (χ2v) is 7.43. The second-order valence-electron chi connectivity index (χ2n) is 7.43. The van der Waals surface area contributed by atoms with E-state index in [4.69, 9.17) is 5.41 Å². The number of nitrogens with one attached hydrogen (secondary N) is 3. The highest BCUT2D eigenvalue weighted by atomic mass is 16.2. The molecule has 1 fully saturated rings. The van der Waals surface area contributed by atoms with Crippen molar-refractivity contribution in [3.05, 3.63) is 42.0 Å². The normalized spacial score (nSPS) is 14.7. The van der Waals surface area contributed by atoms with Gasteiger partial charge in [0, 0.05) is 65.6 Å². The van der Waals surface area contributed by atoms with E-state index in [1.165, 1.54) is 0 Å². The highest BCUT2D eigenvalue weighted by Gasteiger charge is 2.18. The molecule has 0 saturated carbocycles. The molecule has 1 aliphatic heterocycles. The molecule has 3 N–H and O–H groups in total. The molecule has 0 atom stereocenters. The van der Waals surface area contributed by atoms with Gasteiger partial charge in [-0.1, -0.05) is 0 Å². The van der Waals surface area contributed by atoms with Crippen molar-refractivity contribution in [1.29, 1.82) is 5.41 Å². The minimum atomic E-state index is -0.226. The molecule has 1 saturated heterocycles. The van der Waals surface area contributed by atoms with E-state index in [1.54, 1.807) is 53.8 Å². The van der Waals surface area contributed by atoms with Crippen LogP contribution in [0.4, 0.5) is 5.69 Å². The lowest BCUT2D eigenvalue weighted by Crippen LogP contribution is -2.47. The van der Waals surface area contributed by atoms with Gasteiger partial charge in [-0.15, -0.1) is 0 Å². The van der Waals surface area contributed by atoms with E-state index in [0.717, 1.165) is 26.2 Å². The fraction of sp³-hybridized carbons (Fsp3) is 0.450. The first-order chi connectivity index (χ1) is 13.8. The van der Waals surface area contributed by atoms with Crippen molar-refractivity contribution in [2.75, 3.05) is 45.1 Å². The van der Waals surface area contributed by atoms with Crippen molar-refractivity contribution >= 4 is 23.3 Å². The summed E-state index contributed by atoms with van der Waals surface area (Å²) in [6.07, 6.45) is 4.01. The average molecular weight is 399 g/mol. The van der Waals surface area contributed by atoms with E-state index in [1.807, 2.05) is 0 Å². The van der Waals surface area contributed by atoms with Crippen LogP contribution in [0.15, 0.2) is 30.6 Å². The quantitative estimate of drug-likeness (QED) is 0.498. The molecule has 29 heavy (non-hydrogen) atoms. The molecule has 2 aromatic heterocycles. The molecule has 156 valence electrons. The first kappa shape index (κ1) is 20.7. The standard InChI is InChI=1S/C20H29N7O2/c1-24-9-11-27(12-10-24)18(21)6-7-22-19(28)17-13-15(14-26(17)3)23-20(29)16-5-4-8-25(16)2/h4-5,8,13-14,21H,6-7,9-12H2,1-3H3,(H,22,28)(H,23,29). The van der Waals surface area contributed by atoms with Gasteiger partial charge in [0.05, 0.1) is 11.5 Å². The van der Waals surface area contributed by atoms with Crippen LogP contribution in [0.3, 0.4) is 0 Å².